The summed E-state index contributed by atoms with van der Waals surface area (Å²) in [6.45, 7) is 9.59. The van der Waals surface area contributed by atoms with Gasteiger partial charge < -0.3 is 9.80 Å². The molecular formula is C22H28FN7O. The van der Waals surface area contributed by atoms with Gasteiger partial charge in [0.15, 0.2) is 0 Å². The highest BCUT2D eigenvalue weighted by atomic mass is 19.1. The first kappa shape index (κ1) is 21.0. The first-order valence-electron chi connectivity index (χ1n) is 10.4. The van der Waals surface area contributed by atoms with Crippen LogP contribution in [0.4, 0.5) is 16.0 Å². The highest BCUT2D eigenvalue weighted by molar-refractivity contribution is 5.48. The Hall–Kier alpha value is -3.23. The average Bonchev–Trinajstić information content (AvgIpc) is 3.11. The lowest BCUT2D eigenvalue weighted by atomic mass is 9.92. The lowest BCUT2D eigenvalue weighted by Gasteiger charge is -2.36. The van der Waals surface area contributed by atoms with E-state index in [0.717, 1.165) is 30.2 Å². The predicted octanol–water partition coefficient (Wildman–Crippen LogP) is 2.18. The Morgan fingerprint density at radius 2 is 1.68 bits per heavy atom. The normalized spacial score (nSPS) is 14.9. The molecule has 0 amide bonds. The molecule has 31 heavy (non-hydrogen) atoms. The molecule has 0 saturated carbocycles. The predicted molar refractivity (Wildman–Crippen MR) is 118 cm³/mol. The number of aromatic nitrogens is 5. The van der Waals surface area contributed by atoms with Crippen LogP contribution in [0.1, 0.15) is 32.2 Å². The minimum absolute atomic E-state index is 0.0581. The molecule has 1 aliphatic heterocycles. The molecule has 9 heteroatoms. The number of nitrogens with zero attached hydrogens (tertiary/aromatic N) is 7. The van der Waals surface area contributed by atoms with Crippen molar-refractivity contribution in [3.8, 4) is 0 Å². The summed E-state index contributed by atoms with van der Waals surface area (Å²) in [5.41, 5.74) is 2.51. The highest BCUT2D eigenvalue weighted by Crippen LogP contribution is 2.22. The Bertz CT molecular complexity index is 1110. The van der Waals surface area contributed by atoms with E-state index in [-0.39, 0.29) is 16.9 Å². The monoisotopic (exact) mass is 425 g/mol. The Kier molecular flexibility index (Phi) is 5.51. The molecular weight excluding hydrogens is 397 g/mol. The lowest BCUT2D eigenvalue weighted by Crippen LogP contribution is -2.47. The number of rotatable bonds is 4. The second-order valence-electron chi connectivity index (χ2n) is 8.91. The molecule has 1 aliphatic rings. The number of benzene rings is 1. The van der Waals surface area contributed by atoms with Gasteiger partial charge in [-0.15, -0.1) is 0 Å². The van der Waals surface area contributed by atoms with E-state index in [1.54, 1.807) is 23.1 Å². The zero-order valence-corrected chi connectivity index (χ0v) is 18.4. The van der Waals surface area contributed by atoms with E-state index >= 15 is 0 Å². The Morgan fingerprint density at radius 1 is 1.03 bits per heavy atom. The van der Waals surface area contributed by atoms with E-state index in [1.807, 2.05) is 18.0 Å². The second kappa shape index (κ2) is 8.13. The number of anilines is 2. The SMILES string of the molecule is Cn1nc(C(C)(C)C)cc1Cn1cnc(N2CCN(c3ccc(F)cc3)CC2)nc1=O. The second-order valence-corrected chi connectivity index (χ2v) is 8.91. The molecule has 1 saturated heterocycles. The Balaban J connectivity index is 1.43. The summed E-state index contributed by atoms with van der Waals surface area (Å²) in [5, 5.41) is 4.56. The van der Waals surface area contributed by atoms with Gasteiger partial charge in [0.05, 0.1) is 17.9 Å². The van der Waals surface area contributed by atoms with Crippen LogP contribution in [0.25, 0.3) is 0 Å². The van der Waals surface area contributed by atoms with Crippen LogP contribution in [0, 0.1) is 5.82 Å². The van der Waals surface area contributed by atoms with Gasteiger partial charge in [-0.05, 0) is 30.3 Å². The van der Waals surface area contributed by atoms with Crippen molar-refractivity contribution in [1.29, 1.82) is 0 Å². The zero-order valence-electron chi connectivity index (χ0n) is 18.4. The van der Waals surface area contributed by atoms with E-state index in [4.69, 9.17) is 0 Å². The van der Waals surface area contributed by atoms with Crippen molar-refractivity contribution in [2.45, 2.75) is 32.7 Å². The van der Waals surface area contributed by atoms with Gasteiger partial charge in [-0.2, -0.15) is 10.1 Å². The fraction of sp³-hybridized carbons (Fsp3) is 0.455. The maximum Gasteiger partial charge on any atom is 0.352 e. The van der Waals surface area contributed by atoms with Crippen molar-refractivity contribution in [1.82, 2.24) is 24.3 Å². The molecule has 1 fully saturated rings. The van der Waals surface area contributed by atoms with Crippen molar-refractivity contribution in [2.75, 3.05) is 36.0 Å². The first-order valence-corrected chi connectivity index (χ1v) is 10.4. The average molecular weight is 426 g/mol. The van der Waals surface area contributed by atoms with Gasteiger partial charge in [0, 0.05) is 44.3 Å². The molecule has 2 aromatic heterocycles. The third-order valence-electron chi connectivity index (χ3n) is 5.59. The standard InChI is InChI=1S/C22H28FN7O/c1-22(2,3)19-13-18(27(4)26-19)14-30-15-24-20(25-21(30)31)29-11-9-28(10-12-29)17-7-5-16(23)6-8-17/h5-8,13,15H,9-12,14H2,1-4H3. The van der Waals surface area contributed by atoms with Gasteiger partial charge in [-0.3, -0.25) is 9.25 Å². The summed E-state index contributed by atoms with van der Waals surface area (Å²) in [6, 6.07) is 8.53. The summed E-state index contributed by atoms with van der Waals surface area (Å²) < 4.78 is 16.4. The molecule has 3 aromatic rings. The molecule has 0 bridgehead atoms. The van der Waals surface area contributed by atoms with Crippen molar-refractivity contribution < 1.29 is 4.39 Å². The number of hydrogen-bond donors (Lipinski definition) is 0. The molecule has 0 spiro atoms. The molecule has 164 valence electrons. The van der Waals surface area contributed by atoms with Gasteiger partial charge in [-0.25, -0.2) is 14.2 Å². The van der Waals surface area contributed by atoms with Crippen molar-refractivity contribution in [3.05, 3.63) is 64.3 Å². The Labute approximate surface area is 181 Å². The lowest BCUT2D eigenvalue weighted by molar-refractivity contribution is 0.549. The van der Waals surface area contributed by atoms with E-state index in [9.17, 15) is 9.18 Å². The number of halogens is 1. The minimum atomic E-state index is -0.329. The van der Waals surface area contributed by atoms with Gasteiger partial charge in [0.25, 0.3) is 0 Å². The highest BCUT2D eigenvalue weighted by Gasteiger charge is 2.21. The number of piperazine rings is 1. The summed E-state index contributed by atoms with van der Waals surface area (Å²) >= 11 is 0. The van der Waals surface area contributed by atoms with Crippen LogP contribution in [0.3, 0.4) is 0 Å². The maximum atomic E-state index is 13.1. The van der Waals surface area contributed by atoms with Crippen LogP contribution in [0.2, 0.25) is 0 Å². The van der Waals surface area contributed by atoms with Crippen LogP contribution < -0.4 is 15.5 Å². The number of aryl methyl sites for hydroxylation is 1. The summed E-state index contributed by atoms with van der Waals surface area (Å²) in [4.78, 5) is 25.5. The molecule has 3 heterocycles. The van der Waals surface area contributed by atoms with E-state index < -0.39 is 0 Å². The van der Waals surface area contributed by atoms with Crippen LogP contribution in [0.5, 0.6) is 0 Å². The van der Waals surface area contributed by atoms with Crippen LogP contribution >= 0.6 is 0 Å². The van der Waals surface area contributed by atoms with Gasteiger partial charge >= 0.3 is 5.69 Å². The fourth-order valence-electron chi connectivity index (χ4n) is 3.62. The molecule has 1 aromatic carbocycles. The molecule has 8 nitrogen and oxygen atoms in total. The maximum absolute atomic E-state index is 13.1. The Morgan fingerprint density at radius 3 is 2.26 bits per heavy atom. The quantitative estimate of drug-likeness (QED) is 0.638. The first-order chi connectivity index (χ1) is 14.7. The fourth-order valence-corrected chi connectivity index (χ4v) is 3.62. The van der Waals surface area contributed by atoms with Crippen LogP contribution in [0.15, 0.2) is 41.5 Å². The summed E-state index contributed by atoms with van der Waals surface area (Å²) in [7, 11) is 1.88. The third kappa shape index (κ3) is 4.60. The smallest absolute Gasteiger partial charge is 0.352 e. The van der Waals surface area contributed by atoms with Crippen molar-refractivity contribution in [3.63, 3.8) is 0 Å². The summed E-state index contributed by atoms with van der Waals surface area (Å²) in [6.07, 6.45) is 1.56. The van der Waals surface area contributed by atoms with E-state index in [0.29, 0.717) is 25.6 Å². The number of hydrogen-bond acceptors (Lipinski definition) is 6. The molecule has 0 unspecified atom stereocenters. The molecule has 4 rings (SSSR count). The van der Waals surface area contributed by atoms with Crippen molar-refractivity contribution in [2.24, 2.45) is 7.05 Å². The molecule has 0 atom stereocenters. The van der Waals surface area contributed by atoms with Crippen molar-refractivity contribution >= 4 is 11.6 Å². The third-order valence-corrected chi connectivity index (χ3v) is 5.59. The molecule has 0 N–H and O–H groups in total. The minimum Gasteiger partial charge on any atom is -0.368 e. The largest absolute Gasteiger partial charge is 0.368 e. The van der Waals surface area contributed by atoms with Crippen LogP contribution in [-0.2, 0) is 19.0 Å². The summed E-state index contributed by atoms with van der Waals surface area (Å²) in [5.74, 6) is 0.206. The van der Waals surface area contributed by atoms with Gasteiger partial charge in [-0.1, -0.05) is 20.8 Å². The molecule has 0 aliphatic carbocycles. The van der Waals surface area contributed by atoms with Crippen LogP contribution in [-0.4, -0.2) is 50.5 Å². The van der Waals surface area contributed by atoms with E-state index in [2.05, 4.69) is 40.7 Å². The van der Waals surface area contributed by atoms with E-state index in [1.165, 1.54) is 16.7 Å². The topological polar surface area (TPSA) is 72.1 Å². The zero-order chi connectivity index (χ0) is 22.2. The van der Waals surface area contributed by atoms with Gasteiger partial charge in [0.1, 0.15) is 12.1 Å². The van der Waals surface area contributed by atoms with Gasteiger partial charge in [0.2, 0.25) is 5.95 Å². The molecule has 0 radical (unpaired) electrons.